The van der Waals surface area contributed by atoms with Crippen molar-refractivity contribution in [2.24, 2.45) is 17.8 Å². The first-order valence-corrected chi connectivity index (χ1v) is 28.8. The Kier molecular flexibility index (Phi) is 42.3. The molecule has 1 aliphatic carbocycles. The average molecular weight is 988 g/mol. The van der Waals surface area contributed by atoms with E-state index in [-0.39, 0.29) is 86.0 Å². The van der Waals surface area contributed by atoms with Gasteiger partial charge in [-0.15, -0.1) is 0 Å². The van der Waals surface area contributed by atoms with Gasteiger partial charge in [0.25, 0.3) is 0 Å². The summed E-state index contributed by atoms with van der Waals surface area (Å²) >= 11 is 0. The van der Waals surface area contributed by atoms with E-state index in [0.717, 1.165) is 129 Å². The van der Waals surface area contributed by atoms with Crippen molar-refractivity contribution in [2.75, 3.05) is 40.5 Å². The fourth-order valence-electron chi connectivity index (χ4n) is 9.29. The molecule has 0 radical (unpaired) electrons. The summed E-state index contributed by atoms with van der Waals surface area (Å²) in [5.41, 5.74) is 0. The van der Waals surface area contributed by atoms with Crippen LogP contribution in [0.3, 0.4) is 0 Å². The predicted octanol–water partition coefficient (Wildman–Crippen LogP) is 14.7. The minimum Gasteiger partial charge on any atom is -0.466 e. The number of esters is 5. The van der Waals surface area contributed by atoms with Crippen molar-refractivity contribution in [1.82, 2.24) is 4.90 Å². The van der Waals surface area contributed by atoms with Crippen LogP contribution in [0.1, 0.15) is 252 Å². The normalized spacial score (nSPS) is 16.4. The van der Waals surface area contributed by atoms with E-state index in [1.54, 1.807) is 0 Å². The summed E-state index contributed by atoms with van der Waals surface area (Å²) < 4.78 is 29.1. The van der Waals surface area contributed by atoms with Gasteiger partial charge >= 0.3 is 29.8 Å². The highest BCUT2D eigenvalue weighted by Crippen LogP contribution is 2.40. The highest BCUT2D eigenvalue weighted by Gasteiger charge is 2.39. The molecule has 1 aliphatic rings. The third-order valence-electron chi connectivity index (χ3n) is 13.6. The van der Waals surface area contributed by atoms with Crippen LogP contribution in [0, 0.1) is 17.8 Å². The molecule has 1 fully saturated rings. The second-order valence-corrected chi connectivity index (χ2v) is 20.5. The van der Waals surface area contributed by atoms with Crippen LogP contribution in [0.5, 0.6) is 0 Å². The third kappa shape index (κ3) is 37.6. The lowest BCUT2D eigenvalue weighted by molar-refractivity contribution is -0.153. The maximum atomic E-state index is 13.3. The molecular weight excluding hydrogens is 883 g/mol. The van der Waals surface area contributed by atoms with Gasteiger partial charge in [0, 0.05) is 44.4 Å². The molecule has 11 nitrogen and oxygen atoms in total. The number of hydrogen-bond acceptors (Lipinski definition) is 11. The number of ether oxygens (including phenoxy) is 5. The van der Waals surface area contributed by atoms with Gasteiger partial charge in [0.1, 0.15) is 12.2 Å². The lowest BCUT2D eigenvalue weighted by atomic mass is 9.87. The Hall–Kier alpha value is -3.21. The number of allylic oxidation sites excluding steroid dienone is 4. The van der Waals surface area contributed by atoms with Gasteiger partial charge in [-0.25, -0.2) is 0 Å². The van der Waals surface area contributed by atoms with Crippen molar-refractivity contribution < 1.29 is 47.7 Å². The van der Waals surface area contributed by atoms with Crippen molar-refractivity contribution in [2.45, 2.75) is 265 Å². The van der Waals surface area contributed by atoms with Gasteiger partial charge in [-0.05, 0) is 129 Å². The Bertz CT molecular complexity index is 1350. The van der Waals surface area contributed by atoms with Crippen LogP contribution in [0.15, 0.2) is 24.3 Å². The van der Waals surface area contributed by atoms with E-state index in [1.165, 1.54) is 44.9 Å². The molecule has 4 atom stereocenters. The highest BCUT2D eigenvalue weighted by molar-refractivity contribution is 5.71. The smallest absolute Gasteiger partial charge is 0.306 e. The minimum atomic E-state index is -0.345. The molecule has 0 aromatic heterocycles. The quantitative estimate of drug-likeness (QED) is 0.0250. The van der Waals surface area contributed by atoms with Crippen LogP contribution in [-0.4, -0.2) is 87.4 Å². The molecule has 0 amide bonds. The first-order valence-electron chi connectivity index (χ1n) is 28.8. The summed E-state index contributed by atoms with van der Waals surface area (Å²) in [6.07, 6.45) is 39.6. The Morgan fingerprint density at radius 1 is 0.514 bits per heavy atom. The molecule has 0 bridgehead atoms. The first kappa shape index (κ1) is 64.8. The maximum absolute atomic E-state index is 13.3. The summed E-state index contributed by atoms with van der Waals surface area (Å²) in [4.78, 5) is 66.2. The number of carbonyl (C=O) groups is 5. The SMILES string of the molecule is CCCCC/C=C\C/C=C\CCCCCCCCC(CCOC(=O)CC1CCC(OC(=O)CCCN(C)C)C1CCCCC)OC(=O)CCCCC(COC(=O)CCCCC)COC(=O)CCCCC. The molecule has 0 N–H and O–H groups in total. The van der Waals surface area contributed by atoms with Gasteiger partial charge in [0.15, 0.2) is 0 Å². The van der Waals surface area contributed by atoms with Crippen molar-refractivity contribution in [3.63, 3.8) is 0 Å². The maximum Gasteiger partial charge on any atom is 0.306 e. The van der Waals surface area contributed by atoms with Crippen molar-refractivity contribution in [3.8, 4) is 0 Å². The molecule has 1 saturated carbocycles. The molecule has 11 heteroatoms. The number of hydrogen-bond donors (Lipinski definition) is 0. The molecule has 1 rings (SSSR count). The van der Waals surface area contributed by atoms with Crippen LogP contribution < -0.4 is 0 Å². The topological polar surface area (TPSA) is 135 Å². The van der Waals surface area contributed by atoms with Gasteiger partial charge in [0.2, 0.25) is 0 Å². The van der Waals surface area contributed by atoms with Crippen molar-refractivity contribution in [3.05, 3.63) is 24.3 Å². The van der Waals surface area contributed by atoms with E-state index in [9.17, 15) is 24.0 Å². The lowest BCUT2D eigenvalue weighted by Gasteiger charge is -2.25. The Balaban J connectivity index is 2.76. The van der Waals surface area contributed by atoms with Crippen molar-refractivity contribution >= 4 is 29.8 Å². The van der Waals surface area contributed by atoms with E-state index in [4.69, 9.17) is 23.7 Å². The molecule has 4 unspecified atom stereocenters. The van der Waals surface area contributed by atoms with Crippen LogP contribution in [0.2, 0.25) is 0 Å². The minimum absolute atomic E-state index is 0.117. The van der Waals surface area contributed by atoms with E-state index in [0.29, 0.717) is 51.4 Å². The molecule has 0 saturated heterocycles. The zero-order valence-corrected chi connectivity index (χ0v) is 45.8. The molecule has 70 heavy (non-hydrogen) atoms. The first-order chi connectivity index (χ1) is 34.0. The molecule has 406 valence electrons. The second kappa shape index (κ2) is 45.6. The van der Waals surface area contributed by atoms with Crippen molar-refractivity contribution in [1.29, 1.82) is 0 Å². The van der Waals surface area contributed by atoms with Gasteiger partial charge in [-0.3, -0.25) is 24.0 Å². The van der Waals surface area contributed by atoms with Crippen LogP contribution >= 0.6 is 0 Å². The zero-order valence-electron chi connectivity index (χ0n) is 45.8. The van der Waals surface area contributed by atoms with E-state index < -0.39 is 0 Å². The second-order valence-electron chi connectivity index (χ2n) is 20.5. The standard InChI is InChI=1S/C59H105NO10/c1-7-11-15-16-17-18-19-20-21-22-23-24-25-26-27-31-36-52(44-46-66-59(65)47-51-42-43-54(53(51)37-28-12-8-2)70-58(64)41-34-45-60(5)6)69-57(63)40-33-32-35-50(48-67-55(61)38-29-13-9-3)49-68-56(62)39-30-14-10-4/h17-18,20-21,50-54H,7-16,19,22-49H2,1-6H3/b18-17-,21-20-. The highest BCUT2D eigenvalue weighted by atomic mass is 16.6. The summed E-state index contributed by atoms with van der Waals surface area (Å²) in [6, 6.07) is 0. The molecule has 0 spiro atoms. The number of rotatable bonds is 47. The van der Waals surface area contributed by atoms with Crippen LogP contribution in [-0.2, 0) is 47.7 Å². The van der Waals surface area contributed by atoms with E-state index >= 15 is 0 Å². The largest absolute Gasteiger partial charge is 0.466 e. The summed E-state index contributed by atoms with van der Waals surface area (Å²) in [5.74, 6) is -0.969. The Labute approximate surface area is 428 Å². The molecule has 0 aliphatic heterocycles. The molecule has 0 aromatic rings. The summed E-state index contributed by atoms with van der Waals surface area (Å²) in [6.45, 7) is 10.0. The molecular formula is C59H105NO10. The van der Waals surface area contributed by atoms with E-state index in [1.807, 2.05) is 14.1 Å². The van der Waals surface area contributed by atoms with Crippen LogP contribution in [0.4, 0.5) is 0 Å². The third-order valence-corrected chi connectivity index (χ3v) is 13.6. The van der Waals surface area contributed by atoms with Gasteiger partial charge in [-0.1, -0.05) is 142 Å². The summed E-state index contributed by atoms with van der Waals surface area (Å²) in [7, 11) is 4.00. The van der Waals surface area contributed by atoms with Gasteiger partial charge in [0.05, 0.1) is 19.8 Å². The number of nitrogens with zero attached hydrogens (tertiary/aromatic N) is 1. The molecule has 0 heterocycles. The van der Waals surface area contributed by atoms with Gasteiger partial charge in [-0.2, -0.15) is 0 Å². The van der Waals surface area contributed by atoms with Crippen LogP contribution in [0.25, 0.3) is 0 Å². The summed E-state index contributed by atoms with van der Waals surface area (Å²) in [5, 5.41) is 0. The fraction of sp³-hybridized carbons (Fsp3) is 0.847. The average Bonchev–Trinajstić information content (AvgIpc) is 3.69. The molecule has 0 aromatic carbocycles. The van der Waals surface area contributed by atoms with E-state index in [2.05, 4.69) is 56.9 Å². The number of unbranched alkanes of at least 4 members (excludes halogenated alkanes) is 16. The van der Waals surface area contributed by atoms with Gasteiger partial charge < -0.3 is 28.6 Å². The Morgan fingerprint density at radius 3 is 1.67 bits per heavy atom. The Morgan fingerprint density at radius 2 is 1.04 bits per heavy atom. The predicted molar refractivity (Wildman–Crippen MR) is 284 cm³/mol. The number of carbonyl (C=O) groups excluding carboxylic acids is 5. The fourth-order valence-corrected chi connectivity index (χ4v) is 9.29. The monoisotopic (exact) mass is 988 g/mol. The lowest BCUT2D eigenvalue weighted by Crippen LogP contribution is -2.27. The zero-order chi connectivity index (χ0) is 51.3.